The quantitative estimate of drug-likeness (QED) is 0.542. The van der Waals surface area contributed by atoms with Gasteiger partial charge in [-0.2, -0.15) is 0 Å². The highest BCUT2D eigenvalue weighted by atomic mass is 16.6. The number of nitrogens with two attached hydrogens (primary N) is 1. The van der Waals surface area contributed by atoms with Gasteiger partial charge in [-0.15, -0.1) is 0 Å². The van der Waals surface area contributed by atoms with Gasteiger partial charge in [-0.3, -0.25) is 10.1 Å². The highest BCUT2D eigenvalue weighted by molar-refractivity contribution is 6.07. The predicted octanol–water partition coefficient (Wildman–Crippen LogP) is 0.428. The summed E-state index contributed by atoms with van der Waals surface area (Å²) in [7, 11) is 1.52. The molecule has 0 aliphatic carbocycles. The third kappa shape index (κ3) is 2.95. The molecule has 0 aliphatic rings. The molecule has 0 saturated heterocycles. The van der Waals surface area contributed by atoms with Gasteiger partial charge in [0.1, 0.15) is 5.60 Å². The van der Waals surface area contributed by atoms with E-state index in [1.54, 1.807) is 34.6 Å². The van der Waals surface area contributed by atoms with Crippen LogP contribution in [0.2, 0.25) is 0 Å². The minimum Gasteiger partial charge on any atom is -0.458 e. The lowest BCUT2D eigenvalue weighted by molar-refractivity contribution is -0.167. The molecule has 0 aromatic rings. The van der Waals surface area contributed by atoms with Crippen LogP contribution in [0.5, 0.6) is 0 Å². The molecule has 1 amide bonds. The van der Waals surface area contributed by atoms with Gasteiger partial charge in [0.15, 0.2) is 5.54 Å². The lowest BCUT2D eigenvalue weighted by Crippen LogP contribution is -2.64. The summed E-state index contributed by atoms with van der Waals surface area (Å²) in [4.78, 5) is 23.5. The highest BCUT2D eigenvalue weighted by Crippen LogP contribution is 2.21. The fourth-order valence-corrected chi connectivity index (χ4v) is 1.49. The second-order valence-corrected chi connectivity index (χ2v) is 5.08. The van der Waals surface area contributed by atoms with Crippen LogP contribution in [0.1, 0.15) is 34.6 Å². The van der Waals surface area contributed by atoms with Crippen LogP contribution < -0.4 is 11.1 Å². The van der Waals surface area contributed by atoms with Crippen LogP contribution in [0.4, 0.5) is 0 Å². The lowest BCUT2D eigenvalue weighted by atomic mass is 9.85. The van der Waals surface area contributed by atoms with E-state index in [1.165, 1.54) is 7.05 Å². The fraction of sp³-hybridized carbons (Fsp3) is 0.818. The van der Waals surface area contributed by atoms with Crippen molar-refractivity contribution < 1.29 is 14.3 Å². The average Bonchev–Trinajstić information content (AvgIpc) is 2.00. The fourth-order valence-electron chi connectivity index (χ4n) is 1.49. The molecule has 0 rings (SSSR count). The van der Waals surface area contributed by atoms with Crippen LogP contribution in [0.15, 0.2) is 0 Å². The Labute approximate surface area is 96.7 Å². The monoisotopic (exact) mass is 230 g/mol. The first kappa shape index (κ1) is 14.9. The first-order valence-corrected chi connectivity index (χ1v) is 5.30. The molecule has 0 heterocycles. The molecule has 94 valence electrons. The van der Waals surface area contributed by atoms with Crippen molar-refractivity contribution in [1.82, 2.24) is 5.32 Å². The van der Waals surface area contributed by atoms with Crippen LogP contribution in [0, 0.1) is 5.92 Å². The SMILES string of the molecule is CN[C@@](C(N)=O)(C(=O)OC(C)(C)C)C(C)C. The van der Waals surface area contributed by atoms with Gasteiger partial charge < -0.3 is 10.5 Å². The molecule has 5 heteroatoms. The van der Waals surface area contributed by atoms with E-state index in [2.05, 4.69) is 5.32 Å². The van der Waals surface area contributed by atoms with Gasteiger partial charge in [-0.05, 0) is 33.7 Å². The summed E-state index contributed by atoms with van der Waals surface area (Å²) in [6, 6.07) is 0. The van der Waals surface area contributed by atoms with Gasteiger partial charge in [0.2, 0.25) is 5.91 Å². The van der Waals surface area contributed by atoms with Gasteiger partial charge in [-0.1, -0.05) is 13.8 Å². The number of carbonyl (C=O) groups is 2. The van der Waals surface area contributed by atoms with Crippen LogP contribution in [0.3, 0.4) is 0 Å². The van der Waals surface area contributed by atoms with E-state index >= 15 is 0 Å². The number of esters is 1. The number of carbonyl (C=O) groups excluding carboxylic acids is 2. The smallest absolute Gasteiger partial charge is 0.336 e. The molecule has 0 fully saturated rings. The zero-order valence-electron chi connectivity index (χ0n) is 10.9. The van der Waals surface area contributed by atoms with Crippen molar-refractivity contribution in [2.45, 2.75) is 45.8 Å². The van der Waals surface area contributed by atoms with Gasteiger partial charge >= 0.3 is 5.97 Å². The zero-order valence-corrected chi connectivity index (χ0v) is 10.9. The van der Waals surface area contributed by atoms with E-state index in [4.69, 9.17) is 10.5 Å². The van der Waals surface area contributed by atoms with E-state index in [1.807, 2.05) is 0 Å². The molecule has 0 aromatic carbocycles. The number of hydrogen-bond donors (Lipinski definition) is 2. The third-order valence-corrected chi connectivity index (χ3v) is 2.37. The number of nitrogens with one attached hydrogen (secondary N) is 1. The van der Waals surface area contributed by atoms with Gasteiger partial charge in [0, 0.05) is 0 Å². The average molecular weight is 230 g/mol. The van der Waals surface area contributed by atoms with Crippen LogP contribution >= 0.6 is 0 Å². The van der Waals surface area contributed by atoms with Crippen molar-refractivity contribution >= 4 is 11.9 Å². The van der Waals surface area contributed by atoms with E-state index in [0.717, 1.165) is 0 Å². The molecular formula is C11H22N2O3. The van der Waals surface area contributed by atoms with E-state index in [-0.39, 0.29) is 5.92 Å². The Bertz CT molecular complexity index is 281. The molecular weight excluding hydrogens is 208 g/mol. The lowest BCUT2D eigenvalue weighted by Gasteiger charge is -2.34. The van der Waals surface area contributed by atoms with Crippen molar-refractivity contribution in [2.24, 2.45) is 11.7 Å². The summed E-state index contributed by atoms with van der Waals surface area (Å²) in [6.45, 7) is 8.71. The van der Waals surface area contributed by atoms with Crippen molar-refractivity contribution in [2.75, 3.05) is 7.05 Å². The molecule has 16 heavy (non-hydrogen) atoms. The molecule has 0 unspecified atom stereocenters. The molecule has 0 bridgehead atoms. The van der Waals surface area contributed by atoms with Crippen LogP contribution in [-0.2, 0) is 14.3 Å². The number of ether oxygens (including phenoxy) is 1. The Morgan fingerprint density at radius 1 is 1.25 bits per heavy atom. The van der Waals surface area contributed by atoms with Crippen molar-refractivity contribution in [3.8, 4) is 0 Å². The molecule has 5 nitrogen and oxygen atoms in total. The standard InChI is InChI=1S/C11H22N2O3/c1-7(2)11(13-6,8(12)14)9(15)16-10(3,4)5/h7,13H,1-6H3,(H2,12,14)/t11-/m0/s1. The molecule has 0 aromatic heterocycles. The first-order valence-electron chi connectivity index (χ1n) is 5.30. The maximum absolute atomic E-state index is 12.0. The van der Waals surface area contributed by atoms with E-state index < -0.39 is 23.0 Å². The zero-order chi connectivity index (χ0) is 13.1. The van der Waals surface area contributed by atoms with Crippen molar-refractivity contribution in [3.05, 3.63) is 0 Å². The Morgan fingerprint density at radius 3 is 1.88 bits per heavy atom. The third-order valence-electron chi connectivity index (χ3n) is 2.37. The summed E-state index contributed by atoms with van der Waals surface area (Å²) in [6.07, 6.45) is 0. The number of rotatable bonds is 4. The summed E-state index contributed by atoms with van der Waals surface area (Å²) < 4.78 is 5.21. The van der Waals surface area contributed by atoms with Gasteiger partial charge in [-0.25, -0.2) is 4.79 Å². The summed E-state index contributed by atoms with van der Waals surface area (Å²) in [5.41, 5.74) is 3.19. The van der Waals surface area contributed by atoms with Crippen LogP contribution in [0.25, 0.3) is 0 Å². The van der Waals surface area contributed by atoms with E-state index in [0.29, 0.717) is 0 Å². The molecule has 0 aliphatic heterocycles. The first-order chi connectivity index (χ1) is 7.08. The largest absolute Gasteiger partial charge is 0.458 e. The Balaban J connectivity index is 5.20. The second-order valence-electron chi connectivity index (χ2n) is 5.08. The predicted molar refractivity (Wildman–Crippen MR) is 61.7 cm³/mol. The molecule has 0 radical (unpaired) electrons. The minimum atomic E-state index is -1.46. The Morgan fingerprint density at radius 2 is 1.69 bits per heavy atom. The topological polar surface area (TPSA) is 81.4 Å². The van der Waals surface area contributed by atoms with Crippen molar-refractivity contribution in [3.63, 3.8) is 0 Å². The molecule has 0 saturated carbocycles. The van der Waals surface area contributed by atoms with Gasteiger partial charge in [0.25, 0.3) is 0 Å². The van der Waals surface area contributed by atoms with Crippen molar-refractivity contribution in [1.29, 1.82) is 0 Å². The molecule has 3 N–H and O–H groups in total. The summed E-state index contributed by atoms with van der Waals surface area (Å²) >= 11 is 0. The minimum absolute atomic E-state index is 0.287. The Hall–Kier alpha value is -1.10. The maximum Gasteiger partial charge on any atom is 0.336 e. The molecule has 1 atom stereocenters. The number of primary amides is 1. The number of hydrogen-bond acceptors (Lipinski definition) is 4. The summed E-state index contributed by atoms with van der Waals surface area (Å²) in [5, 5.41) is 2.69. The number of likely N-dealkylation sites (N-methyl/N-ethyl adjacent to an activating group) is 1. The number of amides is 1. The normalized spacial score (nSPS) is 15.7. The van der Waals surface area contributed by atoms with E-state index in [9.17, 15) is 9.59 Å². The Kier molecular flexibility index (Phi) is 4.49. The summed E-state index contributed by atoms with van der Waals surface area (Å²) in [5.74, 6) is -1.64. The molecule has 0 spiro atoms. The second kappa shape index (κ2) is 4.82. The van der Waals surface area contributed by atoms with Gasteiger partial charge in [0.05, 0.1) is 0 Å². The maximum atomic E-state index is 12.0. The van der Waals surface area contributed by atoms with Crippen LogP contribution in [-0.4, -0.2) is 30.1 Å². The highest BCUT2D eigenvalue weighted by Gasteiger charge is 2.48.